The van der Waals surface area contributed by atoms with E-state index in [1.165, 1.54) is 10.6 Å². The number of fused-ring (bicyclic) bond motifs is 2. The SMILES string of the molecule is O=c1cc[nH]c2cc(-c3ccc4ncccc4c3)nn12. The normalized spacial score (nSPS) is 11.2. The zero-order valence-electron chi connectivity index (χ0n) is 10.4. The van der Waals surface area contributed by atoms with Gasteiger partial charge in [-0.25, -0.2) is 0 Å². The summed E-state index contributed by atoms with van der Waals surface area (Å²) in [6, 6.07) is 13.2. The van der Waals surface area contributed by atoms with Crippen LogP contribution in [0.3, 0.4) is 0 Å². The zero-order valence-corrected chi connectivity index (χ0v) is 10.4. The molecule has 5 nitrogen and oxygen atoms in total. The van der Waals surface area contributed by atoms with Crippen LogP contribution in [0, 0.1) is 0 Å². The van der Waals surface area contributed by atoms with E-state index in [0.717, 1.165) is 22.2 Å². The second kappa shape index (κ2) is 4.03. The summed E-state index contributed by atoms with van der Waals surface area (Å²) in [6.07, 6.45) is 3.39. The largest absolute Gasteiger partial charge is 0.346 e. The minimum atomic E-state index is -0.146. The number of pyridine rings is 1. The first-order valence-electron chi connectivity index (χ1n) is 6.24. The van der Waals surface area contributed by atoms with Gasteiger partial charge in [0, 0.05) is 35.5 Å². The quantitative estimate of drug-likeness (QED) is 0.572. The molecule has 0 aliphatic rings. The lowest BCUT2D eigenvalue weighted by atomic mass is 10.1. The van der Waals surface area contributed by atoms with Crippen LogP contribution in [0.2, 0.25) is 0 Å². The molecule has 0 saturated heterocycles. The molecule has 0 fully saturated rings. The first kappa shape index (κ1) is 10.9. The van der Waals surface area contributed by atoms with Gasteiger partial charge in [0.25, 0.3) is 5.56 Å². The number of hydrogen-bond donors (Lipinski definition) is 1. The van der Waals surface area contributed by atoms with Crippen molar-refractivity contribution in [2.75, 3.05) is 0 Å². The maximum absolute atomic E-state index is 11.7. The van der Waals surface area contributed by atoms with Gasteiger partial charge < -0.3 is 4.98 Å². The van der Waals surface area contributed by atoms with Gasteiger partial charge >= 0.3 is 0 Å². The minimum absolute atomic E-state index is 0.146. The first-order valence-corrected chi connectivity index (χ1v) is 6.24. The first-order chi connectivity index (χ1) is 9.81. The number of aromatic nitrogens is 4. The van der Waals surface area contributed by atoms with Crippen LogP contribution in [0.4, 0.5) is 0 Å². The van der Waals surface area contributed by atoms with Crippen molar-refractivity contribution < 1.29 is 0 Å². The number of nitrogens with one attached hydrogen (secondary N) is 1. The molecular weight excluding hydrogens is 252 g/mol. The summed E-state index contributed by atoms with van der Waals surface area (Å²) >= 11 is 0. The molecule has 5 heteroatoms. The molecule has 96 valence electrons. The van der Waals surface area contributed by atoms with E-state index >= 15 is 0 Å². The molecule has 4 aromatic rings. The fourth-order valence-corrected chi connectivity index (χ4v) is 2.30. The second-order valence-corrected chi connectivity index (χ2v) is 4.55. The maximum atomic E-state index is 11.7. The Morgan fingerprint density at radius 1 is 1.10 bits per heavy atom. The van der Waals surface area contributed by atoms with E-state index in [4.69, 9.17) is 0 Å². The highest BCUT2D eigenvalue weighted by Gasteiger charge is 2.07. The van der Waals surface area contributed by atoms with Crippen molar-refractivity contribution in [3.05, 3.63) is 65.2 Å². The molecule has 0 atom stereocenters. The van der Waals surface area contributed by atoms with Gasteiger partial charge in [0.15, 0.2) is 0 Å². The van der Waals surface area contributed by atoms with Crippen molar-refractivity contribution in [3.63, 3.8) is 0 Å². The molecule has 0 unspecified atom stereocenters. The van der Waals surface area contributed by atoms with Crippen LogP contribution in [0.15, 0.2) is 59.7 Å². The number of benzene rings is 1. The summed E-state index contributed by atoms with van der Waals surface area (Å²) < 4.78 is 1.36. The average Bonchev–Trinajstić information content (AvgIpc) is 2.92. The fourth-order valence-electron chi connectivity index (χ4n) is 2.30. The van der Waals surface area contributed by atoms with E-state index in [1.54, 1.807) is 12.4 Å². The Kier molecular flexibility index (Phi) is 2.20. The van der Waals surface area contributed by atoms with Crippen molar-refractivity contribution >= 4 is 16.6 Å². The standard InChI is InChI=1S/C15H10N4O/c20-15-5-7-17-14-9-13(18-19(14)15)11-3-4-12-10(8-11)2-1-6-16-12/h1-9,17H. The number of H-pyrrole nitrogens is 1. The third kappa shape index (κ3) is 1.60. The van der Waals surface area contributed by atoms with Crippen molar-refractivity contribution in [2.24, 2.45) is 0 Å². The van der Waals surface area contributed by atoms with E-state index < -0.39 is 0 Å². The van der Waals surface area contributed by atoms with Gasteiger partial charge in [-0.05, 0) is 18.2 Å². The molecule has 0 spiro atoms. The lowest BCUT2D eigenvalue weighted by molar-refractivity contribution is 0.903. The van der Waals surface area contributed by atoms with Crippen LogP contribution in [0.1, 0.15) is 0 Å². The van der Waals surface area contributed by atoms with Crippen LogP contribution < -0.4 is 5.56 Å². The van der Waals surface area contributed by atoms with E-state index in [-0.39, 0.29) is 5.56 Å². The lowest BCUT2D eigenvalue weighted by Crippen LogP contribution is -2.12. The Hall–Kier alpha value is -2.95. The average molecular weight is 262 g/mol. The van der Waals surface area contributed by atoms with Gasteiger partial charge in [0.05, 0.1) is 11.2 Å². The van der Waals surface area contributed by atoms with Crippen LogP contribution >= 0.6 is 0 Å². The number of rotatable bonds is 1. The Morgan fingerprint density at radius 2 is 2.05 bits per heavy atom. The predicted octanol–water partition coefficient (Wildman–Crippen LogP) is 2.24. The molecule has 0 saturated carbocycles. The smallest absolute Gasteiger partial charge is 0.274 e. The lowest BCUT2D eigenvalue weighted by Gasteiger charge is -1.99. The molecule has 0 amide bonds. The Bertz CT molecular complexity index is 984. The van der Waals surface area contributed by atoms with Crippen molar-refractivity contribution in [2.45, 2.75) is 0 Å². The number of hydrogen-bond acceptors (Lipinski definition) is 3. The summed E-state index contributed by atoms with van der Waals surface area (Å²) in [4.78, 5) is 19.0. The monoisotopic (exact) mass is 262 g/mol. The molecule has 4 rings (SSSR count). The molecule has 0 radical (unpaired) electrons. The van der Waals surface area contributed by atoms with Crippen LogP contribution in [0.5, 0.6) is 0 Å². The summed E-state index contributed by atoms with van der Waals surface area (Å²) in [5.41, 5.74) is 3.19. The van der Waals surface area contributed by atoms with Gasteiger partial charge in [-0.1, -0.05) is 12.1 Å². The topological polar surface area (TPSA) is 63.0 Å². The van der Waals surface area contributed by atoms with E-state index in [9.17, 15) is 4.79 Å². The predicted molar refractivity (Wildman–Crippen MR) is 76.5 cm³/mol. The Labute approximate surface area is 113 Å². The molecule has 0 aliphatic heterocycles. The fraction of sp³-hybridized carbons (Fsp3) is 0. The number of nitrogens with zero attached hydrogens (tertiary/aromatic N) is 3. The second-order valence-electron chi connectivity index (χ2n) is 4.55. The summed E-state index contributed by atoms with van der Waals surface area (Å²) in [5.74, 6) is 0. The highest BCUT2D eigenvalue weighted by Crippen LogP contribution is 2.22. The molecule has 3 aromatic heterocycles. The summed E-state index contributed by atoms with van der Waals surface area (Å²) in [5, 5.41) is 5.39. The highest BCUT2D eigenvalue weighted by molar-refractivity contribution is 5.84. The third-order valence-corrected chi connectivity index (χ3v) is 3.27. The van der Waals surface area contributed by atoms with Gasteiger partial charge in [-0.2, -0.15) is 9.61 Å². The summed E-state index contributed by atoms with van der Waals surface area (Å²) in [7, 11) is 0. The Morgan fingerprint density at radius 3 is 2.95 bits per heavy atom. The molecule has 1 N–H and O–H groups in total. The molecule has 20 heavy (non-hydrogen) atoms. The zero-order chi connectivity index (χ0) is 13.5. The van der Waals surface area contributed by atoms with Crippen molar-refractivity contribution in [1.29, 1.82) is 0 Å². The highest BCUT2D eigenvalue weighted by atomic mass is 16.1. The van der Waals surface area contributed by atoms with Crippen LogP contribution in [0.25, 0.3) is 27.8 Å². The molecule has 1 aromatic carbocycles. The number of aromatic amines is 1. The summed E-state index contributed by atoms with van der Waals surface area (Å²) in [6.45, 7) is 0. The van der Waals surface area contributed by atoms with Gasteiger partial charge in [0.2, 0.25) is 0 Å². The Balaban J connectivity index is 1.96. The van der Waals surface area contributed by atoms with Gasteiger partial charge in [0.1, 0.15) is 5.65 Å². The molecule has 0 aliphatic carbocycles. The van der Waals surface area contributed by atoms with E-state index in [2.05, 4.69) is 15.1 Å². The van der Waals surface area contributed by atoms with Gasteiger partial charge in [-0.3, -0.25) is 9.78 Å². The van der Waals surface area contributed by atoms with Crippen LogP contribution in [-0.4, -0.2) is 19.6 Å². The minimum Gasteiger partial charge on any atom is -0.346 e. The van der Waals surface area contributed by atoms with Crippen molar-refractivity contribution in [1.82, 2.24) is 19.6 Å². The van der Waals surface area contributed by atoms with Crippen LogP contribution in [-0.2, 0) is 0 Å². The van der Waals surface area contributed by atoms with E-state index in [1.807, 2.05) is 36.4 Å². The molecule has 3 heterocycles. The maximum Gasteiger partial charge on any atom is 0.274 e. The molecular formula is C15H10N4O. The van der Waals surface area contributed by atoms with Gasteiger partial charge in [-0.15, -0.1) is 0 Å². The van der Waals surface area contributed by atoms with E-state index in [0.29, 0.717) is 5.65 Å². The van der Waals surface area contributed by atoms with Crippen molar-refractivity contribution in [3.8, 4) is 11.3 Å². The third-order valence-electron chi connectivity index (χ3n) is 3.27. The molecule has 0 bridgehead atoms.